The van der Waals surface area contributed by atoms with E-state index in [0.717, 1.165) is 18.6 Å². The Balaban J connectivity index is 1.83. The van der Waals surface area contributed by atoms with Gasteiger partial charge in [0.25, 0.3) is 5.91 Å². The summed E-state index contributed by atoms with van der Waals surface area (Å²) in [6, 6.07) is 1.64. The van der Waals surface area contributed by atoms with Gasteiger partial charge in [-0.05, 0) is 25.5 Å². The minimum Gasteiger partial charge on any atom is -0.396 e. The van der Waals surface area contributed by atoms with Crippen LogP contribution in [0.4, 0.5) is 14.5 Å². The van der Waals surface area contributed by atoms with Gasteiger partial charge in [-0.2, -0.15) is 0 Å². The topological polar surface area (TPSA) is 116 Å². The molecule has 0 aliphatic carbocycles. The van der Waals surface area contributed by atoms with Gasteiger partial charge in [0.2, 0.25) is 11.8 Å². The van der Waals surface area contributed by atoms with Crippen molar-refractivity contribution >= 4 is 23.4 Å². The molecule has 3 amide bonds. The van der Waals surface area contributed by atoms with Gasteiger partial charge in [0.05, 0.1) is 11.8 Å². The SMILES string of the molecule is CC(CC(=O)N(C)CC(O)CNC(=O)c1c(F)ccc(N)c1F)N1CCCC1=O. The van der Waals surface area contributed by atoms with Crippen LogP contribution >= 0.6 is 0 Å². The van der Waals surface area contributed by atoms with Gasteiger partial charge in [-0.15, -0.1) is 0 Å². The lowest BCUT2D eigenvalue weighted by Gasteiger charge is -2.27. The van der Waals surface area contributed by atoms with Crippen LogP contribution in [0.2, 0.25) is 0 Å². The highest BCUT2D eigenvalue weighted by molar-refractivity contribution is 5.95. The number of halogens is 2. The van der Waals surface area contributed by atoms with Crippen molar-refractivity contribution in [2.45, 2.75) is 38.3 Å². The number of aliphatic hydroxyl groups excluding tert-OH is 1. The molecule has 0 bridgehead atoms. The molecule has 29 heavy (non-hydrogen) atoms. The molecular formula is C19H26F2N4O4. The van der Waals surface area contributed by atoms with E-state index in [1.807, 2.05) is 0 Å². The lowest BCUT2D eigenvalue weighted by molar-refractivity contribution is -0.134. The molecule has 0 aromatic heterocycles. The summed E-state index contributed by atoms with van der Waals surface area (Å²) in [7, 11) is 1.49. The van der Waals surface area contributed by atoms with Gasteiger partial charge in [-0.3, -0.25) is 14.4 Å². The first-order valence-electron chi connectivity index (χ1n) is 9.35. The summed E-state index contributed by atoms with van der Waals surface area (Å²) >= 11 is 0. The maximum atomic E-state index is 13.9. The first-order valence-corrected chi connectivity index (χ1v) is 9.35. The van der Waals surface area contributed by atoms with Crippen molar-refractivity contribution in [3.63, 3.8) is 0 Å². The number of rotatable bonds is 8. The Bertz CT molecular complexity index is 790. The monoisotopic (exact) mass is 412 g/mol. The Kier molecular flexibility index (Phi) is 7.49. The van der Waals surface area contributed by atoms with Crippen molar-refractivity contribution in [2.24, 2.45) is 0 Å². The van der Waals surface area contributed by atoms with Gasteiger partial charge in [0.1, 0.15) is 11.4 Å². The maximum absolute atomic E-state index is 13.9. The molecule has 0 spiro atoms. The summed E-state index contributed by atoms with van der Waals surface area (Å²) in [6.45, 7) is 2.01. The average Bonchev–Trinajstić information content (AvgIpc) is 3.09. The number of anilines is 1. The molecule has 2 unspecified atom stereocenters. The molecule has 8 nitrogen and oxygen atoms in total. The molecule has 160 valence electrons. The van der Waals surface area contributed by atoms with Crippen LogP contribution in [0.5, 0.6) is 0 Å². The molecule has 1 heterocycles. The van der Waals surface area contributed by atoms with Crippen LogP contribution in [-0.2, 0) is 9.59 Å². The highest BCUT2D eigenvalue weighted by Gasteiger charge is 2.27. The normalized spacial score (nSPS) is 15.9. The third-order valence-electron chi connectivity index (χ3n) is 4.87. The van der Waals surface area contributed by atoms with Crippen molar-refractivity contribution in [3.05, 3.63) is 29.3 Å². The lowest BCUT2D eigenvalue weighted by Crippen LogP contribution is -2.43. The molecule has 2 rings (SSSR count). The van der Waals surface area contributed by atoms with Crippen molar-refractivity contribution in [2.75, 3.05) is 32.4 Å². The molecule has 4 N–H and O–H groups in total. The summed E-state index contributed by atoms with van der Waals surface area (Å²) in [5.74, 6) is -3.54. The van der Waals surface area contributed by atoms with E-state index in [-0.39, 0.29) is 43.1 Å². The average molecular weight is 412 g/mol. The van der Waals surface area contributed by atoms with Crippen LogP contribution in [-0.4, -0.2) is 71.5 Å². The number of nitrogen functional groups attached to an aromatic ring is 1. The first-order chi connectivity index (χ1) is 13.6. The highest BCUT2D eigenvalue weighted by Crippen LogP contribution is 2.18. The van der Waals surface area contributed by atoms with Gasteiger partial charge >= 0.3 is 0 Å². The molecule has 1 aromatic carbocycles. The summed E-state index contributed by atoms with van der Waals surface area (Å²) in [5, 5.41) is 12.3. The van der Waals surface area contributed by atoms with Crippen LogP contribution in [0.15, 0.2) is 12.1 Å². The van der Waals surface area contributed by atoms with E-state index in [4.69, 9.17) is 5.73 Å². The number of amides is 3. The minimum atomic E-state index is -1.17. The van der Waals surface area contributed by atoms with Gasteiger partial charge in [0, 0.05) is 45.6 Å². The van der Waals surface area contributed by atoms with Crippen LogP contribution < -0.4 is 11.1 Å². The molecule has 1 saturated heterocycles. The molecule has 1 aliphatic heterocycles. The second-order valence-electron chi connectivity index (χ2n) is 7.21. The Labute approximate surface area is 167 Å². The van der Waals surface area contributed by atoms with Gasteiger partial charge in [-0.1, -0.05) is 0 Å². The van der Waals surface area contributed by atoms with Crippen LogP contribution in [0, 0.1) is 11.6 Å². The Hall–Kier alpha value is -2.75. The molecule has 1 aromatic rings. The fourth-order valence-electron chi connectivity index (χ4n) is 3.21. The number of likely N-dealkylation sites (tertiary alicyclic amines) is 1. The zero-order chi connectivity index (χ0) is 21.7. The standard InChI is InChI=1S/C19H26F2N4O4/c1-11(25-7-3-4-15(25)27)8-16(28)24(2)10-12(26)9-23-19(29)17-13(20)5-6-14(22)18(17)21/h5-6,11-12,26H,3-4,7-10,22H2,1-2H3,(H,23,29). The zero-order valence-electron chi connectivity index (χ0n) is 16.5. The quantitative estimate of drug-likeness (QED) is 0.538. The van der Waals surface area contributed by atoms with Crippen molar-refractivity contribution in [3.8, 4) is 0 Å². The third kappa shape index (κ3) is 5.63. The van der Waals surface area contributed by atoms with E-state index in [9.17, 15) is 28.3 Å². The molecule has 1 fully saturated rings. The number of aliphatic hydroxyl groups is 1. The fraction of sp³-hybridized carbons (Fsp3) is 0.526. The molecule has 10 heteroatoms. The fourth-order valence-corrected chi connectivity index (χ4v) is 3.21. The molecule has 0 saturated carbocycles. The minimum absolute atomic E-state index is 0.0247. The number of nitrogens with zero attached hydrogens (tertiary/aromatic N) is 2. The van der Waals surface area contributed by atoms with E-state index >= 15 is 0 Å². The number of carbonyl (C=O) groups is 3. The Morgan fingerprint density at radius 1 is 1.38 bits per heavy atom. The summed E-state index contributed by atoms with van der Waals surface area (Å²) in [4.78, 5) is 39.0. The number of carbonyl (C=O) groups excluding carboxylic acids is 3. The van der Waals surface area contributed by atoms with Gasteiger partial charge < -0.3 is 26.0 Å². The summed E-state index contributed by atoms with van der Waals surface area (Å²) < 4.78 is 27.6. The van der Waals surface area contributed by atoms with Crippen LogP contribution in [0.1, 0.15) is 36.5 Å². The van der Waals surface area contributed by atoms with Gasteiger partial charge in [-0.25, -0.2) is 8.78 Å². The maximum Gasteiger partial charge on any atom is 0.257 e. The molecule has 0 radical (unpaired) electrons. The molecule has 2 atom stereocenters. The van der Waals surface area contributed by atoms with Crippen molar-refractivity contribution in [1.82, 2.24) is 15.1 Å². The van der Waals surface area contributed by atoms with Crippen LogP contribution in [0.25, 0.3) is 0 Å². The highest BCUT2D eigenvalue weighted by atomic mass is 19.1. The Morgan fingerprint density at radius 2 is 2.07 bits per heavy atom. The second-order valence-corrected chi connectivity index (χ2v) is 7.21. The molecule has 1 aliphatic rings. The lowest BCUT2D eigenvalue weighted by atomic mass is 10.1. The van der Waals surface area contributed by atoms with E-state index in [0.29, 0.717) is 13.0 Å². The predicted octanol–water partition coefficient (Wildman–Crippen LogP) is 0.497. The zero-order valence-corrected chi connectivity index (χ0v) is 16.5. The third-order valence-corrected chi connectivity index (χ3v) is 4.87. The van der Waals surface area contributed by atoms with Crippen molar-refractivity contribution in [1.29, 1.82) is 0 Å². The number of hydrogen-bond acceptors (Lipinski definition) is 5. The van der Waals surface area contributed by atoms with Crippen LogP contribution in [0.3, 0.4) is 0 Å². The molecular weight excluding hydrogens is 386 g/mol. The predicted molar refractivity (Wildman–Crippen MR) is 102 cm³/mol. The number of nitrogens with two attached hydrogens (primary N) is 1. The summed E-state index contributed by atoms with van der Waals surface area (Å²) in [6.07, 6.45) is 0.228. The van der Waals surface area contributed by atoms with Gasteiger partial charge in [0.15, 0.2) is 5.82 Å². The van der Waals surface area contributed by atoms with E-state index in [2.05, 4.69) is 5.32 Å². The largest absolute Gasteiger partial charge is 0.396 e. The first kappa shape index (κ1) is 22.5. The van der Waals surface area contributed by atoms with E-state index in [1.165, 1.54) is 11.9 Å². The Morgan fingerprint density at radius 3 is 2.69 bits per heavy atom. The van der Waals surface area contributed by atoms with Crippen molar-refractivity contribution < 1.29 is 28.3 Å². The summed E-state index contributed by atoms with van der Waals surface area (Å²) in [5.41, 5.74) is 4.14. The smallest absolute Gasteiger partial charge is 0.257 e. The number of benzene rings is 1. The van der Waals surface area contributed by atoms with E-state index in [1.54, 1.807) is 11.8 Å². The second kappa shape index (κ2) is 9.64. The number of nitrogens with one attached hydrogen (secondary N) is 1. The number of likely N-dealkylation sites (N-methyl/N-ethyl adjacent to an activating group) is 1. The van der Waals surface area contributed by atoms with E-state index < -0.39 is 29.2 Å². The number of hydrogen-bond donors (Lipinski definition) is 3.